The van der Waals surface area contributed by atoms with E-state index in [-0.39, 0.29) is 0 Å². The smallest absolute Gasteiger partial charge is 0.187 e. The second-order valence-electron chi connectivity index (χ2n) is 4.24. The molecule has 0 fully saturated rings. The fourth-order valence-electron chi connectivity index (χ4n) is 1.93. The Balaban J connectivity index is 2.07. The van der Waals surface area contributed by atoms with E-state index in [1.807, 2.05) is 19.3 Å². The summed E-state index contributed by atoms with van der Waals surface area (Å²) in [7, 11) is 3.41. The Hall–Kier alpha value is -2.90. The van der Waals surface area contributed by atoms with Crippen molar-refractivity contribution in [1.82, 2.24) is 30.0 Å². The Morgan fingerprint density at radius 1 is 1.30 bits per heavy atom. The van der Waals surface area contributed by atoms with Crippen molar-refractivity contribution in [3.8, 4) is 22.8 Å². The van der Waals surface area contributed by atoms with Crippen LogP contribution < -0.4 is 10.5 Å². The van der Waals surface area contributed by atoms with Gasteiger partial charge in [-0.2, -0.15) is 9.78 Å². The van der Waals surface area contributed by atoms with Crippen LogP contribution in [0.15, 0.2) is 30.6 Å². The Morgan fingerprint density at radius 2 is 2.15 bits per heavy atom. The molecule has 0 unspecified atom stereocenters. The van der Waals surface area contributed by atoms with Crippen LogP contribution in [-0.4, -0.2) is 37.1 Å². The van der Waals surface area contributed by atoms with Crippen LogP contribution in [0.3, 0.4) is 0 Å². The highest BCUT2D eigenvalue weighted by Gasteiger charge is 2.13. The first-order chi connectivity index (χ1) is 9.69. The summed E-state index contributed by atoms with van der Waals surface area (Å²) in [6.07, 6.45) is 3.51. The minimum absolute atomic E-state index is 0.533. The number of hydrogen-bond donors (Lipinski definition) is 1. The molecule has 20 heavy (non-hydrogen) atoms. The maximum atomic E-state index is 5.91. The molecule has 0 atom stereocenters. The molecule has 0 aliphatic heterocycles. The lowest BCUT2D eigenvalue weighted by molar-refractivity contribution is 0.417. The van der Waals surface area contributed by atoms with Crippen LogP contribution >= 0.6 is 0 Å². The molecular formula is C12H13N7O. The maximum absolute atomic E-state index is 5.91. The highest BCUT2D eigenvalue weighted by Crippen LogP contribution is 2.27. The van der Waals surface area contributed by atoms with E-state index in [1.165, 1.54) is 0 Å². The fraction of sp³-hybridized carbons (Fsp3) is 0.167. The molecule has 8 nitrogen and oxygen atoms in total. The minimum atomic E-state index is 0.533. The molecule has 2 aromatic heterocycles. The lowest BCUT2D eigenvalue weighted by Crippen LogP contribution is -2.00. The number of aromatic nitrogens is 6. The zero-order chi connectivity index (χ0) is 14.1. The van der Waals surface area contributed by atoms with Gasteiger partial charge in [-0.25, -0.2) is 0 Å². The number of tetrazole rings is 1. The zero-order valence-electron chi connectivity index (χ0n) is 11.1. The van der Waals surface area contributed by atoms with E-state index >= 15 is 0 Å². The molecule has 0 amide bonds. The summed E-state index contributed by atoms with van der Waals surface area (Å²) < 4.78 is 8.43. The minimum Gasteiger partial charge on any atom is -0.495 e. The molecule has 0 saturated carbocycles. The highest BCUT2D eigenvalue weighted by molar-refractivity contribution is 5.67. The van der Waals surface area contributed by atoms with Gasteiger partial charge in [-0.15, -0.1) is 5.10 Å². The number of aryl methyl sites for hydroxylation is 1. The predicted molar refractivity (Wildman–Crippen MR) is 72.3 cm³/mol. The first-order valence-corrected chi connectivity index (χ1v) is 5.90. The number of nitrogens with two attached hydrogens (primary N) is 1. The molecule has 2 N–H and O–H groups in total. The van der Waals surface area contributed by atoms with Crippen molar-refractivity contribution >= 4 is 5.69 Å². The molecular weight excluding hydrogens is 258 g/mol. The zero-order valence-corrected chi connectivity index (χ0v) is 11.1. The van der Waals surface area contributed by atoms with Crippen LogP contribution in [0.25, 0.3) is 17.1 Å². The van der Waals surface area contributed by atoms with Crippen LogP contribution in [0.1, 0.15) is 0 Å². The van der Waals surface area contributed by atoms with Gasteiger partial charge in [0, 0.05) is 12.6 Å². The van der Waals surface area contributed by atoms with Crippen molar-refractivity contribution in [2.45, 2.75) is 0 Å². The summed E-state index contributed by atoms with van der Waals surface area (Å²) in [5, 5.41) is 15.8. The average Bonchev–Trinajstić information content (AvgIpc) is 3.06. The van der Waals surface area contributed by atoms with Gasteiger partial charge in [-0.05, 0) is 28.6 Å². The number of rotatable bonds is 3. The summed E-state index contributed by atoms with van der Waals surface area (Å²) in [6, 6.07) is 5.41. The lowest BCUT2D eigenvalue weighted by atomic mass is 10.2. The number of anilines is 1. The van der Waals surface area contributed by atoms with Gasteiger partial charge in [0.2, 0.25) is 0 Å². The summed E-state index contributed by atoms with van der Waals surface area (Å²) in [5.41, 5.74) is 8.03. The van der Waals surface area contributed by atoms with Crippen LogP contribution in [0.2, 0.25) is 0 Å². The third-order valence-electron chi connectivity index (χ3n) is 2.89. The van der Waals surface area contributed by atoms with Crippen molar-refractivity contribution in [2.24, 2.45) is 7.05 Å². The van der Waals surface area contributed by atoms with Crippen molar-refractivity contribution in [1.29, 1.82) is 0 Å². The molecule has 102 valence electrons. The van der Waals surface area contributed by atoms with Gasteiger partial charge in [0.05, 0.1) is 25.2 Å². The predicted octanol–water partition coefficient (Wildman–Crippen LogP) is 0.654. The van der Waals surface area contributed by atoms with Crippen molar-refractivity contribution in [3.05, 3.63) is 30.6 Å². The number of nitrogen functional groups attached to an aromatic ring is 1. The fourth-order valence-corrected chi connectivity index (χ4v) is 1.93. The summed E-state index contributed by atoms with van der Waals surface area (Å²) >= 11 is 0. The largest absolute Gasteiger partial charge is 0.495 e. The molecule has 3 aromatic rings. The second kappa shape index (κ2) is 4.65. The van der Waals surface area contributed by atoms with E-state index in [1.54, 1.807) is 34.8 Å². The Bertz CT molecular complexity index is 746. The number of nitrogens with zero attached hydrogens (tertiary/aromatic N) is 6. The Morgan fingerprint density at radius 3 is 2.80 bits per heavy atom. The average molecular weight is 271 g/mol. The molecule has 0 aliphatic carbocycles. The van der Waals surface area contributed by atoms with Crippen molar-refractivity contribution < 1.29 is 4.74 Å². The van der Waals surface area contributed by atoms with Crippen LogP contribution in [0, 0.1) is 0 Å². The van der Waals surface area contributed by atoms with Crippen LogP contribution in [0.5, 0.6) is 5.75 Å². The van der Waals surface area contributed by atoms with Crippen molar-refractivity contribution in [3.63, 3.8) is 0 Å². The van der Waals surface area contributed by atoms with E-state index in [2.05, 4.69) is 20.6 Å². The van der Waals surface area contributed by atoms with Gasteiger partial charge in [0.1, 0.15) is 11.4 Å². The second-order valence-corrected chi connectivity index (χ2v) is 4.24. The van der Waals surface area contributed by atoms with Gasteiger partial charge in [0.15, 0.2) is 5.82 Å². The quantitative estimate of drug-likeness (QED) is 0.703. The number of ether oxygens (including phenoxy) is 1. The monoisotopic (exact) mass is 271 g/mol. The maximum Gasteiger partial charge on any atom is 0.187 e. The molecule has 0 aliphatic rings. The van der Waals surface area contributed by atoms with E-state index in [0.717, 1.165) is 11.3 Å². The van der Waals surface area contributed by atoms with E-state index in [9.17, 15) is 0 Å². The van der Waals surface area contributed by atoms with E-state index < -0.39 is 0 Å². The van der Waals surface area contributed by atoms with Gasteiger partial charge in [-0.1, -0.05) is 0 Å². The summed E-state index contributed by atoms with van der Waals surface area (Å²) in [6.45, 7) is 0. The number of hydrogen-bond acceptors (Lipinski definition) is 6. The highest BCUT2D eigenvalue weighted by atomic mass is 16.5. The number of benzene rings is 1. The third kappa shape index (κ3) is 1.96. The SMILES string of the molecule is COc1ccc(-c2nnnn2-c2cnn(C)c2)cc1N. The van der Waals surface area contributed by atoms with Gasteiger partial charge in [-0.3, -0.25) is 4.68 Å². The number of methoxy groups -OCH3 is 1. The molecule has 0 radical (unpaired) electrons. The molecule has 2 heterocycles. The summed E-state index contributed by atoms with van der Waals surface area (Å²) in [5.74, 6) is 1.21. The first-order valence-electron chi connectivity index (χ1n) is 5.90. The Labute approximate surface area is 114 Å². The van der Waals surface area contributed by atoms with Crippen LogP contribution in [-0.2, 0) is 7.05 Å². The van der Waals surface area contributed by atoms with E-state index in [0.29, 0.717) is 17.3 Å². The summed E-state index contributed by atoms with van der Waals surface area (Å²) in [4.78, 5) is 0. The standard InChI is InChI=1S/C12H13N7O/c1-18-7-9(6-14-18)19-12(15-16-17-19)8-3-4-11(20-2)10(13)5-8/h3-7H,13H2,1-2H3. The van der Waals surface area contributed by atoms with Gasteiger partial charge in [0.25, 0.3) is 0 Å². The molecule has 0 spiro atoms. The Kier molecular flexibility index (Phi) is 2.82. The molecule has 0 saturated heterocycles. The van der Waals surface area contributed by atoms with E-state index in [4.69, 9.17) is 10.5 Å². The molecule has 3 rings (SSSR count). The lowest BCUT2D eigenvalue weighted by Gasteiger charge is -2.06. The topological polar surface area (TPSA) is 96.7 Å². The van der Waals surface area contributed by atoms with Gasteiger partial charge >= 0.3 is 0 Å². The third-order valence-corrected chi connectivity index (χ3v) is 2.89. The molecule has 1 aromatic carbocycles. The molecule has 0 bridgehead atoms. The van der Waals surface area contributed by atoms with Crippen LogP contribution in [0.4, 0.5) is 5.69 Å². The van der Waals surface area contributed by atoms with Crippen molar-refractivity contribution in [2.75, 3.05) is 12.8 Å². The molecule has 8 heteroatoms. The van der Waals surface area contributed by atoms with Gasteiger partial charge < -0.3 is 10.5 Å². The first kappa shape index (κ1) is 12.2. The normalized spacial score (nSPS) is 10.7.